The normalized spacial score (nSPS) is 10.9. The van der Waals surface area contributed by atoms with Crippen molar-refractivity contribution in [3.05, 3.63) is 64.8 Å². The minimum absolute atomic E-state index is 0.346. The summed E-state index contributed by atoms with van der Waals surface area (Å²) in [5, 5.41) is 0.753. The maximum Gasteiger partial charge on any atom is 0.152 e. The van der Waals surface area contributed by atoms with Gasteiger partial charge in [0.1, 0.15) is 11.0 Å². The van der Waals surface area contributed by atoms with Crippen molar-refractivity contribution in [3.63, 3.8) is 0 Å². The van der Waals surface area contributed by atoms with Crippen molar-refractivity contribution in [1.82, 2.24) is 9.55 Å². The molecule has 3 aromatic rings. The van der Waals surface area contributed by atoms with Crippen LogP contribution in [-0.4, -0.2) is 15.8 Å². The molecule has 0 fully saturated rings. The second-order valence-electron chi connectivity index (χ2n) is 4.45. The molecule has 0 bridgehead atoms. The maximum atomic E-state index is 13.8. The van der Waals surface area contributed by atoms with Crippen LogP contribution < -0.4 is 0 Å². The van der Waals surface area contributed by atoms with Gasteiger partial charge < -0.3 is 4.57 Å². The summed E-state index contributed by atoms with van der Waals surface area (Å²) in [5.41, 5.74) is 1.96. The molecular weight excluding hydrogens is 279 g/mol. The molecule has 0 radical (unpaired) electrons. The number of carbonyl (C=O) groups is 1. The van der Waals surface area contributed by atoms with E-state index in [9.17, 15) is 9.18 Å². The summed E-state index contributed by atoms with van der Waals surface area (Å²) in [5.74, 6) is -0.392. The molecule has 0 N–H and O–H groups in total. The van der Waals surface area contributed by atoms with E-state index in [1.807, 2.05) is 10.6 Å². The van der Waals surface area contributed by atoms with Crippen LogP contribution in [-0.2, 0) is 6.54 Å². The van der Waals surface area contributed by atoms with Crippen LogP contribution in [0.1, 0.15) is 15.9 Å². The lowest BCUT2D eigenvalue weighted by Crippen LogP contribution is -1.98. The Morgan fingerprint density at radius 2 is 2.20 bits per heavy atom. The zero-order valence-corrected chi connectivity index (χ0v) is 11.1. The maximum absolute atomic E-state index is 13.8. The van der Waals surface area contributed by atoms with E-state index in [4.69, 9.17) is 11.6 Å². The highest BCUT2D eigenvalue weighted by Gasteiger charge is 2.12. The summed E-state index contributed by atoms with van der Waals surface area (Å²) in [4.78, 5) is 15.0. The molecule has 1 aromatic carbocycles. The number of nitrogens with zero attached hydrogens (tertiary/aromatic N) is 2. The Hall–Kier alpha value is -2.20. The fourth-order valence-electron chi connectivity index (χ4n) is 2.30. The molecule has 20 heavy (non-hydrogen) atoms. The predicted molar refractivity (Wildman–Crippen MR) is 75.6 cm³/mol. The summed E-state index contributed by atoms with van der Waals surface area (Å²) in [6, 6.07) is 8.34. The molecule has 100 valence electrons. The first kappa shape index (κ1) is 12.8. The molecule has 3 rings (SSSR count). The molecule has 0 aliphatic heterocycles. The number of aromatic nitrogens is 2. The van der Waals surface area contributed by atoms with Crippen molar-refractivity contribution in [2.75, 3.05) is 0 Å². The number of rotatable bonds is 3. The fraction of sp³-hybridized carbons (Fsp3) is 0.0667. The summed E-state index contributed by atoms with van der Waals surface area (Å²) in [6.07, 6.45) is 3.93. The quantitative estimate of drug-likeness (QED) is 0.544. The average Bonchev–Trinajstić information content (AvgIpc) is 2.78. The highest BCUT2D eigenvalue weighted by molar-refractivity contribution is 6.29. The lowest BCUT2D eigenvalue weighted by Gasteiger charge is -2.05. The third-order valence-electron chi connectivity index (χ3n) is 3.16. The third kappa shape index (κ3) is 2.18. The van der Waals surface area contributed by atoms with Crippen molar-refractivity contribution in [3.8, 4) is 0 Å². The summed E-state index contributed by atoms with van der Waals surface area (Å²) >= 11 is 5.85. The minimum atomic E-state index is -0.392. The molecule has 2 heterocycles. The van der Waals surface area contributed by atoms with Crippen LogP contribution >= 0.6 is 11.6 Å². The van der Waals surface area contributed by atoms with E-state index in [0.717, 1.165) is 5.56 Å². The number of carbonyl (C=O) groups excluding carboxylic acids is 1. The van der Waals surface area contributed by atoms with Crippen molar-refractivity contribution < 1.29 is 9.18 Å². The average molecular weight is 289 g/mol. The number of benzene rings is 1. The molecule has 0 aliphatic rings. The molecule has 0 unspecified atom stereocenters. The van der Waals surface area contributed by atoms with Gasteiger partial charge in [0.25, 0.3) is 0 Å². The van der Waals surface area contributed by atoms with Crippen molar-refractivity contribution >= 4 is 28.8 Å². The van der Waals surface area contributed by atoms with Gasteiger partial charge in [-0.3, -0.25) is 4.79 Å². The number of aldehydes is 1. The highest BCUT2D eigenvalue weighted by atomic mass is 35.5. The van der Waals surface area contributed by atoms with E-state index < -0.39 is 5.82 Å². The number of hydrogen-bond acceptors (Lipinski definition) is 2. The van der Waals surface area contributed by atoms with Crippen LogP contribution in [0.2, 0.25) is 5.15 Å². The second kappa shape index (κ2) is 5.06. The lowest BCUT2D eigenvalue weighted by atomic mass is 10.2. The van der Waals surface area contributed by atoms with Gasteiger partial charge in [-0.05, 0) is 29.8 Å². The fourth-order valence-corrected chi connectivity index (χ4v) is 2.49. The van der Waals surface area contributed by atoms with E-state index in [1.165, 1.54) is 6.07 Å². The van der Waals surface area contributed by atoms with E-state index in [0.29, 0.717) is 34.5 Å². The Kier molecular flexibility index (Phi) is 3.24. The van der Waals surface area contributed by atoms with Gasteiger partial charge in [0.2, 0.25) is 0 Å². The van der Waals surface area contributed by atoms with E-state index in [-0.39, 0.29) is 0 Å². The third-order valence-corrected chi connectivity index (χ3v) is 3.36. The topological polar surface area (TPSA) is 34.9 Å². The SMILES string of the molecule is O=Cc1cn(Cc2ccnc(Cl)c2)c2cccc(F)c12. The summed E-state index contributed by atoms with van der Waals surface area (Å²) in [7, 11) is 0. The molecule has 0 spiro atoms. The first-order valence-corrected chi connectivity index (χ1v) is 6.40. The van der Waals surface area contributed by atoms with Crippen LogP contribution in [0, 0.1) is 5.82 Å². The van der Waals surface area contributed by atoms with Gasteiger partial charge in [0.15, 0.2) is 6.29 Å². The number of halogens is 2. The van der Waals surface area contributed by atoms with Crippen molar-refractivity contribution in [2.24, 2.45) is 0 Å². The van der Waals surface area contributed by atoms with E-state index in [2.05, 4.69) is 4.98 Å². The van der Waals surface area contributed by atoms with Gasteiger partial charge in [0.05, 0.1) is 5.52 Å². The Morgan fingerprint density at radius 1 is 1.35 bits per heavy atom. The monoisotopic (exact) mass is 288 g/mol. The molecule has 2 aromatic heterocycles. The van der Waals surface area contributed by atoms with Gasteiger partial charge in [0, 0.05) is 29.9 Å². The first-order valence-electron chi connectivity index (χ1n) is 6.02. The molecule has 0 saturated heterocycles. The van der Waals surface area contributed by atoms with E-state index >= 15 is 0 Å². The molecule has 0 aliphatic carbocycles. The zero-order valence-electron chi connectivity index (χ0n) is 10.4. The Balaban J connectivity index is 2.13. The van der Waals surface area contributed by atoms with Gasteiger partial charge in [-0.2, -0.15) is 0 Å². The van der Waals surface area contributed by atoms with Crippen LogP contribution in [0.25, 0.3) is 10.9 Å². The smallest absolute Gasteiger partial charge is 0.152 e. The number of pyridine rings is 1. The van der Waals surface area contributed by atoms with Gasteiger partial charge in [-0.1, -0.05) is 17.7 Å². The Morgan fingerprint density at radius 3 is 2.95 bits per heavy atom. The van der Waals surface area contributed by atoms with Crippen LogP contribution in [0.5, 0.6) is 0 Å². The van der Waals surface area contributed by atoms with Gasteiger partial charge in [-0.25, -0.2) is 9.37 Å². The van der Waals surface area contributed by atoms with Gasteiger partial charge in [-0.15, -0.1) is 0 Å². The van der Waals surface area contributed by atoms with Crippen molar-refractivity contribution in [1.29, 1.82) is 0 Å². The molecule has 0 atom stereocenters. The van der Waals surface area contributed by atoms with Gasteiger partial charge >= 0.3 is 0 Å². The summed E-state index contributed by atoms with van der Waals surface area (Å²) < 4.78 is 15.7. The summed E-state index contributed by atoms with van der Waals surface area (Å²) in [6.45, 7) is 0.496. The van der Waals surface area contributed by atoms with Crippen molar-refractivity contribution in [2.45, 2.75) is 6.54 Å². The van der Waals surface area contributed by atoms with Crippen LogP contribution in [0.4, 0.5) is 4.39 Å². The lowest BCUT2D eigenvalue weighted by molar-refractivity contribution is 0.112. The Labute approximate surface area is 119 Å². The minimum Gasteiger partial charge on any atom is -0.342 e. The van der Waals surface area contributed by atoms with Crippen LogP contribution in [0.15, 0.2) is 42.7 Å². The Bertz CT molecular complexity index is 798. The van der Waals surface area contributed by atoms with Crippen LogP contribution in [0.3, 0.4) is 0 Å². The molecular formula is C15H10ClFN2O. The number of fused-ring (bicyclic) bond motifs is 1. The number of hydrogen-bond donors (Lipinski definition) is 0. The predicted octanol–water partition coefficient (Wildman–Crippen LogP) is 3.69. The first-order chi connectivity index (χ1) is 9.69. The zero-order chi connectivity index (χ0) is 14.1. The molecule has 0 amide bonds. The molecule has 3 nitrogen and oxygen atoms in total. The standard InChI is InChI=1S/C15H10ClFN2O/c16-14-6-10(4-5-18-14)7-19-8-11(9-20)15-12(17)2-1-3-13(15)19/h1-6,8-9H,7H2. The highest BCUT2D eigenvalue weighted by Crippen LogP contribution is 2.24. The molecule has 5 heteroatoms. The largest absolute Gasteiger partial charge is 0.342 e. The molecule has 0 saturated carbocycles. The second-order valence-corrected chi connectivity index (χ2v) is 4.84. The van der Waals surface area contributed by atoms with E-state index in [1.54, 1.807) is 30.6 Å².